The van der Waals surface area contributed by atoms with Crippen LogP contribution in [0.4, 0.5) is 0 Å². The van der Waals surface area contributed by atoms with Gasteiger partial charge in [0, 0.05) is 68.8 Å². The summed E-state index contributed by atoms with van der Waals surface area (Å²) in [5.74, 6) is -0.733. The van der Waals surface area contributed by atoms with E-state index < -0.39 is 15.9 Å². The standard InChI is InChI=1S/C34H30Cl2N4O3S/c1-20-31(27-9-5-7-11-29(27)39(20)3)33(32-21(2)40(4)30-12-8-6-10-28(30)32)22-13-15-23(16-14-22)34(41)37-38-44(42,43)26-18-24(35)17-25(36)19-26/h5-19,33,38H,1-4H3,(H,37,41). The Morgan fingerprint density at radius 2 is 1.20 bits per heavy atom. The van der Waals surface area contributed by atoms with Gasteiger partial charge in [-0.1, -0.05) is 71.7 Å². The third-order valence-electron chi connectivity index (χ3n) is 8.43. The summed E-state index contributed by atoms with van der Waals surface area (Å²) in [6.45, 7) is 4.29. The molecule has 0 saturated heterocycles. The summed E-state index contributed by atoms with van der Waals surface area (Å²) in [6.07, 6.45) is 0. The molecule has 0 saturated carbocycles. The minimum absolute atomic E-state index is 0.129. The minimum atomic E-state index is -4.10. The number of nitrogens with zero attached hydrogens (tertiary/aromatic N) is 2. The number of carbonyl (C=O) groups excluding carboxylic acids is 1. The van der Waals surface area contributed by atoms with Gasteiger partial charge in [-0.3, -0.25) is 10.2 Å². The van der Waals surface area contributed by atoms with Crippen LogP contribution < -0.4 is 10.3 Å². The molecule has 2 aromatic heterocycles. The number of aromatic nitrogens is 2. The largest absolute Gasteiger partial charge is 0.348 e. The van der Waals surface area contributed by atoms with Crippen molar-refractivity contribution in [3.63, 3.8) is 0 Å². The molecule has 0 fully saturated rings. The highest BCUT2D eigenvalue weighted by Crippen LogP contribution is 2.44. The lowest BCUT2D eigenvalue weighted by atomic mass is 9.82. The van der Waals surface area contributed by atoms with Gasteiger partial charge in [-0.25, -0.2) is 8.42 Å². The molecule has 0 unspecified atom stereocenters. The molecular weight excluding hydrogens is 615 g/mol. The molecule has 0 aliphatic rings. The normalized spacial score (nSPS) is 12.0. The van der Waals surface area contributed by atoms with Crippen LogP contribution in [0.1, 0.15) is 44.4 Å². The van der Waals surface area contributed by atoms with Crippen molar-refractivity contribution >= 4 is 60.9 Å². The molecule has 4 aromatic carbocycles. The van der Waals surface area contributed by atoms with E-state index in [1.165, 1.54) is 40.1 Å². The zero-order valence-corrected chi connectivity index (χ0v) is 26.8. The van der Waals surface area contributed by atoms with Crippen molar-refractivity contribution in [1.29, 1.82) is 0 Å². The Labute approximate surface area is 266 Å². The quantitative estimate of drug-likeness (QED) is 0.178. The van der Waals surface area contributed by atoms with E-state index in [0.29, 0.717) is 5.56 Å². The lowest BCUT2D eigenvalue weighted by Crippen LogP contribution is -2.41. The van der Waals surface area contributed by atoms with Crippen LogP contribution >= 0.6 is 23.2 Å². The summed E-state index contributed by atoms with van der Waals surface area (Å²) in [5, 5.41) is 2.67. The number of carbonyl (C=O) groups is 1. The highest BCUT2D eigenvalue weighted by atomic mass is 35.5. The fourth-order valence-electron chi connectivity index (χ4n) is 6.06. The van der Waals surface area contributed by atoms with Gasteiger partial charge in [-0.05, 0) is 73.0 Å². The predicted molar refractivity (Wildman–Crippen MR) is 177 cm³/mol. The number of halogens is 2. The highest BCUT2D eigenvalue weighted by molar-refractivity contribution is 7.89. The zero-order valence-electron chi connectivity index (χ0n) is 24.5. The highest BCUT2D eigenvalue weighted by Gasteiger charge is 2.29. The number of aryl methyl sites for hydroxylation is 2. The lowest BCUT2D eigenvalue weighted by Gasteiger charge is -2.21. The molecule has 224 valence electrons. The van der Waals surface area contributed by atoms with Gasteiger partial charge in [0.2, 0.25) is 0 Å². The van der Waals surface area contributed by atoms with E-state index in [0.717, 1.165) is 28.0 Å². The van der Waals surface area contributed by atoms with Crippen LogP contribution in [0.25, 0.3) is 21.8 Å². The fraction of sp³-hybridized carbons (Fsp3) is 0.147. The third kappa shape index (κ3) is 5.18. The van der Waals surface area contributed by atoms with E-state index in [9.17, 15) is 13.2 Å². The Morgan fingerprint density at radius 1 is 0.727 bits per heavy atom. The molecule has 6 rings (SSSR count). The molecule has 2 N–H and O–H groups in total. The summed E-state index contributed by atoms with van der Waals surface area (Å²) in [6, 6.07) is 28.0. The van der Waals surface area contributed by atoms with Crippen LogP contribution in [0, 0.1) is 13.8 Å². The number of hydrogen-bond acceptors (Lipinski definition) is 3. The Morgan fingerprint density at radius 3 is 1.70 bits per heavy atom. The number of para-hydroxylation sites is 2. The fourth-order valence-corrected chi connectivity index (χ4v) is 7.63. The van der Waals surface area contributed by atoms with Crippen molar-refractivity contribution in [2.24, 2.45) is 14.1 Å². The number of hydrazine groups is 1. The van der Waals surface area contributed by atoms with Crippen molar-refractivity contribution in [3.05, 3.63) is 135 Å². The van der Waals surface area contributed by atoms with Crippen molar-refractivity contribution in [2.75, 3.05) is 0 Å². The molecule has 0 aliphatic heterocycles. The first-order chi connectivity index (χ1) is 21.0. The number of nitrogens with one attached hydrogen (secondary N) is 2. The maximum atomic E-state index is 13.0. The van der Waals surface area contributed by atoms with E-state index in [1.54, 1.807) is 12.1 Å². The minimum Gasteiger partial charge on any atom is -0.348 e. The second-order valence-corrected chi connectivity index (χ2v) is 13.4. The summed E-state index contributed by atoms with van der Waals surface area (Å²) >= 11 is 11.9. The van der Waals surface area contributed by atoms with E-state index >= 15 is 0 Å². The molecule has 10 heteroatoms. The Hall–Kier alpha value is -4.08. The molecule has 0 aliphatic carbocycles. The van der Waals surface area contributed by atoms with Crippen molar-refractivity contribution < 1.29 is 13.2 Å². The van der Waals surface area contributed by atoms with Crippen LogP contribution in [-0.4, -0.2) is 23.5 Å². The van der Waals surface area contributed by atoms with Gasteiger partial charge in [0.05, 0.1) is 4.90 Å². The van der Waals surface area contributed by atoms with Gasteiger partial charge in [-0.15, -0.1) is 4.83 Å². The number of fused-ring (bicyclic) bond motifs is 2. The molecule has 44 heavy (non-hydrogen) atoms. The monoisotopic (exact) mass is 644 g/mol. The van der Waals surface area contributed by atoms with Crippen LogP contribution in [0.3, 0.4) is 0 Å². The first kappa shape index (κ1) is 30.0. The van der Waals surface area contributed by atoms with Crippen LogP contribution in [0.2, 0.25) is 10.0 Å². The van der Waals surface area contributed by atoms with Crippen molar-refractivity contribution in [2.45, 2.75) is 24.7 Å². The topological polar surface area (TPSA) is 85.1 Å². The predicted octanol–water partition coefficient (Wildman–Crippen LogP) is 7.40. The zero-order chi connectivity index (χ0) is 31.3. The lowest BCUT2D eigenvalue weighted by molar-refractivity contribution is 0.0945. The average Bonchev–Trinajstić information content (AvgIpc) is 3.41. The van der Waals surface area contributed by atoms with E-state index in [1.807, 2.05) is 24.3 Å². The second kappa shape index (κ2) is 11.4. The van der Waals surface area contributed by atoms with Gasteiger partial charge in [-0.2, -0.15) is 0 Å². The van der Waals surface area contributed by atoms with Gasteiger partial charge in [0.15, 0.2) is 0 Å². The second-order valence-electron chi connectivity index (χ2n) is 10.9. The molecule has 0 bridgehead atoms. The Balaban J connectivity index is 1.40. The third-order valence-corrected chi connectivity index (χ3v) is 10.1. The van der Waals surface area contributed by atoms with Gasteiger partial charge in [0.25, 0.3) is 15.9 Å². The van der Waals surface area contributed by atoms with Crippen LogP contribution in [-0.2, 0) is 24.1 Å². The maximum Gasteiger partial charge on any atom is 0.266 e. The number of sulfonamides is 1. The smallest absolute Gasteiger partial charge is 0.266 e. The Kier molecular flexibility index (Phi) is 7.80. The number of hydrogen-bond donors (Lipinski definition) is 2. The molecule has 0 radical (unpaired) electrons. The summed E-state index contributed by atoms with van der Waals surface area (Å²) in [4.78, 5) is 15.0. The summed E-state index contributed by atoms with van der Waals surface area (Å²) in [7, 11) is 0.0627. The van der Waals surface area contributed by atoms with Gasteiger partial charge in [0.1, 0.15) is 0 Å². The van der Waals surface area contributed by atoms with Gasteiger partial charge >= 0.3 is 0 Å². The summed E-state index contributed by atoms with van der Waals surface area (Å²) < 4.78 is 30.0. The van der Waals surface area contributed by atoms with E-state index in [4.69, 9.17) is 23.2 Å². The maximum absolute atomic E-state index is 13.0. The molecular formula is C34H30Cl2N4O3S. The Bertz CT molecular complexity index is 2080. The molecule has 1 amide bonds. The van der Waals surface area contributed by atoms with Crippen LogP contribution in [0.15, 0.2) is 95.9 Å². The van der Waals surface area contributed by atoms with E-state index in [-0.39, 0.29) is 20.9 Å². The van der Waals surface area contributed by atoms with Crippen molar-refractivity contribution in [3.8, 4) is 0 Å². The molecule has 7 nitrogen and oxygen atoms in total. The first-order valence-corrected chi connectivity index (χ1v) is 16.2. The number of rotatable bonds is 7. The molecule has 0 atom stereocenters. The molecule has 0 spiro atoms. The first-order valence-electron chi connectivity index (χ1n) is 13.9. The number of amides is 1. The molecule has 2 heterocycles. The van der Waals surface area contributed by atoms with Crippen molar-refractivity contribution in [1.82, 2.24) is 19.4 Å². The molecule has 6 aromatic rings. The average molecular weight is 646 g/mol. The van der Waals surface area contributed by atoms with Crippen LogP contribution in [0.5, 0.6) is 0 Å². The van der Waals surface area contributed by atoms with Gasteiger partial charge < -0.3 is 9.13 Å². The summed E-state index contributed by atoms with van der Waals surface area (Å²) in [5.41, 5.74) is 10.6. The number of benzene rings is 4. The van der Waals surface area contributed by atoms with E-state index in [2.05, 4.69) is 83.7 Å². The SMILES string of the molecule is Cc1c(C(c2ccc(C(=O)NNS(=O)(=O)c3cc(Cl)cc(Cl)c3)cc2)c2c(C)n(C)c3ccccc23)c2ccccc2n1C.